The van der Waals surface area contributed by atoms with Crippen molar-refractivity contribution < 1.29 is 0 Å². The maximum absolute atomic E-state index is 6.61. The lowest BCUT2D eigenvalue weighted by Crippen LogP contribution is -2.00. The van der Waals surface area contributed by atoms with Gasteiger partial charge in [0.1, 0.15) is 0 Å². The number of aryl methyl sites for hydroxylation is 3. The second-order valence-corrected chi connectivity index (χ2v) is 6.51. The second kappa shape index (κ2) is 6.11. The first-order chi connectivity index (χ1) is 8.97. The maximum Gasteiger partial charge on any atom is 0.0636 e. The van der Waals surface area contributed by atoms with Gasteiger partial charge in [0.25, 0.3) is 0 Å². The Morgan fingerprint density at radius 3 is 2.37 bits per heavy atom. The van der Waals surface area contributed by atoms with Crippen molar-refractivity contribution in [3.05, 3.63) is 68.7 Å². The quantitative estimate of drug-likeness (QED) is 0.612. The summed E-state index contributed by atoms with van der Waals surface area (Å²) in [5.41, 5.74) is 6.33. The molecule has 0 bridgehead atoms. The highest BCUT2D eigenvalue weighted by Gasteiger charge is 2.14. The molecule has 0 amide bonds. The molecule has 0 radical (unpaired) electrons. The minimum atomic E-state index is -0.00484. The van der Waals surface area contributed by atoms with Crippen molar-refractivity contribution in [1.82, 2.24) is 0 Å². The van der Waals surface area contributed by atoms with E-state index in [2.05, 4.69) is 73.1 Å². The molecule has 2 aromatic rings. The van der Waals surface area contributed by atoms with Crippen molar-refractivity contribution in [3.63, 3.8) is 0 Å². The van der Waals surface area contributed by atoms with Crippen LogP contribution in [0.25, 0.3) is 0 Å². The molecular formula is C17H18BrCl. The fourth-order valence-electron chi connectivity index (χ4n) is 2.23. The third kappa shape index (κ3) is 3.61. The van der Waals surface area contributed by atoms with Gasteiger partial charge in [0.2, 0.25) is 0 Å². The number of benzene rings is 2. The van der Waals surface area contributed by atoms with Gasteiger partial charge in [0.05, 0.1) is 5.38 Å². The summed E-state index contributed by atoms with van der Waals surface area (Å²) in [5.74, 6) is 0. The lowest BCUT2D eigenvalue weighted by atomic mass is 9.98. The standard InChI is InChI=1S/C17H18BrCl/c1-11-4-6-13(3)14(8-11)10-17(19)15-9-12(2)5-7-16(15)18/h4-9,17H,10H2,1-3H3. The molecule has 1 atom stereocenters. The molecule has 0 nitrogen and oxygen atoms in total. The molecule has 0 aliphatic carbocycles. The van der Waals surface area contributed by atoms with E-state index in [0.29, 0.717) is 0 Å². The van der Waals surface area contributed by atoms with Crippen LogP contribution in [0.15, 0.2) is 40.9 Å². The average Bonchev–Trinajstić information content (AvgIpc) is 2.36. The molecule has 0 heterocycles. The summed E-state index contributed by atoms with van der Waals surface area (Å²) >= 11 is 10.2. The van der Waals surface area contributed by atoms with Crippen LogP contribution in [-0.2, 0) is 6.42 Å². The molecule has 0 aliphatic rings. The van der Waals surface area contributed by atoms with Gasteiger partial charge in [-0.25, -0.2) is 0 Å². The number of alkyl halides is 1. The average molecular weight is 338 g/mol. The number of rotatable bonds is 3. The fourth-order valence-corrected chi connectivity index (χ4v) is 3.23. The first-order valence-corrected chi connectivity index (χ1v) is 7.66. The summed E-state index contributed by atoms with van der Waals surface area (Å²) in [7, 11) is 0. The van der Waals surface area contributed by atoms with E-state index in [1.165, 1.54) is 27.8 Å². The largest absolute Gasteiger partial charge is 0.117 e. The minimum Gasteiger partial charge on any atom is -0.117 e. The first kappa shape index (κ1) is 14.6. The predicted molar refractivity (Wildman–Crippen MR) is 87.1 cm³/mol. The Labute approximate surface area is 128 Å². The summed E-state index contributed by atoms with van der Waals surface area (Å²) in [6, 6.07) is 12.9. The molecule has 0 aliphatic heterocycles. The summed E-state index contributed by atoms with van der Waals surface area (Å²) in [6.45, 7) is 6.36. The van der Waals surface area contributed by atoms with Crippen LogP contribution in [0.3, 0.4) is 0 Å². The summed E-state index contributed by atoms with van der Waals surface area (Å²) in [6.07, 6.45) is 0.858. The van der Waals surface area contributed by atoms with E-state index in [1.807, 2.05) is 0 Å². The Morgan fingerprint density at radius 1 is 1.00 bits per heavy atom. The van der Waals surface area contributed by atoms with Crippen LogP contribution >= 0.6 is 27.5 Å². The predicted octanol–water partition coefficient (Wildman–Crippen LogP) is 5.90. The molecule has 0 saturated carbocycles. The smallest absolute Gasteiger partial charge is 0.0636 e. The Balaban J connectivity index is 2.27. The van der Waals surface area contributed by atoms with Gasteiger partial charge < -0.3 is 0 Å². The van der Waals surface area contributed by atoms with Gasteiger partial charge in [0.15, 0.2) is 0 Å². The SMILES string of the molecule is Cc1ccc(C)c(CC(Cl)c2cc(C)ccc2Br)c1. The summed E-state index contributed by atoms with van der Waals surface area (Å²) in [5, 5.41) is -0.00484. The Hall–Kier alpha value is -0.790. The van der Waals surface area contributed by atoms with Crippen LogP contribution in [0.5, 0.6) is 0 Å². The molecule has 2 heteroatoms. The van der Waals surface area contributed by atoms with Gasteiger partial charge in [-0.05, 0) is 49.9 Å². The van der Waals surface area contributed by atoms with Gasteiger partial charge in [-0.2, -0.15) is 0 Å². The third-order valence-electron chi connectivity index (χ3n) is 3.39. The van der Waals surface area contributed by atoms with Crippen molar-refractivity contribution in [2.45, 2.75) is 32.6 Å². The lowest BCUT2D eigenvalue weighted by Gasteiger charge is -2.15. The highest BCUT2D eigenvalue weighted by Crippen LogP contribution is 2.32. The van der Waals surface area contributed by atoms with Crippen LogP contribution < -0.4 is 0 Å². The molecule has 0 fully saturated rings. The van der Waals surface area contributed by atoms with E-state index in [9.17, 15) is 0 Å². The summed E-state index contributed by atoms with van der Waals surface area (Å²) < 4.78 is 1.09. The van der Waals surface area contributed by atoms with Gasteiger partial charge in [-0.15, -0.1) is 11.6 Å². The highest BCUT2D eigenvalue weighted by atomic mass is 79.9. The van der Waals surface area contributed by atoms with Crippen molar-refractivity contribution in [2.75, 3.05) is 0 Å². The van der Waals surface area contributed by atoms with Crippen molar-refractivity contribution in [1.29, 1.82) is 0 Å². The zero-order valence-electron chi connectivity index (χ0n) is 11.5. The molecule has 100 valence electrons. The molecule has 19 heavy (non-hydrogen) atoms. The van der Waals surface area contributed by atoms with Crippen LogP contribution in [0.4, 0.5) is 0 Å². The molecule has 1 unspecified atom stereocenters. The van der Waals surface area contributed by atoms with Gasteiger partial charge >= 0.3 is 0 Å². The molecule has 0 saturated heterocycles. The van der Waals surface area contributed by atoms with Crippen molar-refractivity contribution >= 4 is 27.5 Å². The lowest BCUT2D eigenvalue weighted by molar-refractivity contribution is 0.902. The minimum absolute atomic E-state index is 0.00484. The zero-order chi connectivity index (χ0) is 14.0. The highest BCUT2D eigenvalue weighted by molar-refractivity contribution is 9.10. The normalized spacial score (nSPS) is 12.5. The third-order valence-corrected chi connectivity index (χ3v) is 4.50. The van der Waals surface area contributed by atoms with E-state index in [0.717, 1.165) is 10.9 Å². The van der Waals surface area contributed by atoms with Gasteiger partial charge in [-0.1, -0.05) is 57.4 Å². The molecule has 2 rings (SSSR count). The second-order valence-electron chi connectivity index (χ2n) is 5.13. The zero-order valence-corrected chi connectivity index (χ0v) is 13.8. The molecule has 0 N–H and O–H groups in total. The van der Waals surface area contributed by atoms with E-state index >= 15 is 0 Å². The van der Waals surface area contributed by atoms with Crippen molar-refractivity contribution in [3.8, 4) is 0 Å². The topological polar surface area (TPSA) is 0 Å². The number of halogens is 2. The van der Waals surface area contributed by atoms with E-state index in [1.54, 1.807) is 0 Å². The van der Waals surface area contributed by atoms with E-state index in [-0.39, 0.29) is 5.38 Å². The molecular weight excluding hydrogens is 320 g/mol. The monoisotopic (exact) mass is 336 g/mol. The number of hydrogen-bond acceptors (Lipinski definition) is 0. The Kier molecular flexibility index (Phi) is 4.70. The maximum atomic E-state index is 6.61. The van der Waals surface area contributed by atoms with Gasteiger partial charge in [-0.3, -0.25) is 0 Å². The van der Waals surface area contributed by atoms with Crippen molar-refractivity contribution in [2.24, 2.45) is 0 Å². The first-order valence-electron chi connectivity index (χ1n) is 6.43. The van der Waals surface area contributed by atoms with Crippen LogP contribution in [0, 0.1) is 20.8 Å². The molecule has 0 spiro atoms. The van der Waals surface area contributed by atoms with Crippen LogP contribution in [0.1, 0.15) is 33.2 Å². The summed E-state index contributed by atoms with van der Waals surface area (Å²) in [4.78, 5) is 0. The molecule has 0 aromatic heterocycles. The number of hydrogen-bond donors (Lipinski definition) is 0. The van der Waals surface area contributed by atoms with Gasteiger partial charge in [0, 0.05) is 4.47 Å². The van der Waals surface area contributed by atoms with E-state index in [4.69, 9.17) is 11.6 Å². The molecule has 2 aromatic carbocycles. The Morgan fingerprint density at radius 2 is 1.63 bits per heavy atom. The Bertz CT molecular complexity index is 590. The fraction of sp³-hybridized carbons (Fsp3) is 0.294. The van der Waals surface area contributed by atoms with Crippen LogP contribution in [-0.4, -0.2) is 0 Å². The van der Waals surface area contributed by atoms with Crippen LogP contribution in [0.2, 0.25) is 0 Å². The van der Waals surface area contributed by atoms with E-state index < -0.39 is 0 Å².